The van der Waals surface area contributed by atoms with Crippen LogP contribution in [0.2, 0.25) is 0 Å². The highest BCUT2D eigenvalue weighted by molar-refractivity contribution is 5.73. The second-order valence-corrected chi connectivity index (χ2v) is 4.05. The van der Waals surface area contributed by atoms with Gasteiger partial charge in [0.05, 0.1) is 12.6 Å². The summed E-state index contributed by atoms with van der Waals surface area (Å²) < 4.78 is 11.0. The predicted molar refractivity (Wildman–Crippen MR) is 49.6 cm³/mol. The van der Waals surface area contributed by atoms with Crippen LogP contribution >= 0.6 is 0 Å². The molecule has 13 heavy (non-hydrogen) atoms. The van der Waals surface area contributed by atoms with Gasteiger partial charge in [-0.05, 0) is 19.8 Å². The van der Waals surface area contributed by atoms with Gasteiger partial charge in [0.15, 0.2) is 0 Å². The molecule has 0 saturated carbocycles. The molecule has 0 aromatic carbocycles. The molecule has 0 amide bonds. The highest BCUT2D eigenvalue weighted by atomic mass is 16.5. The van der Waals surface area contributed by atoms with Crippen LogP contribution in [0.1, 0.15) is 26.2 Å². The van der Waals surface area contributed by atoms with Crippen molar-refractivity contribution in [2.75, 3.05) is 13.2 Å². The lowest BCUT2D eigenvalue weighted by atomic mass is 9.97. The first-order valence-electron chi connectivity index (χ1n) is 4.78. The van der Waals surface area contributed by atoms with E-state index in [4.69, 9.17) is 15.2 Å². The topological polar surface area (TPSA) is 56.8 Å². The van der Waals surface area contributed by atoms with Gasteiger partial charge in [0.25, 0.3) is 6.02 Å². The van der Waals surface area contributed by atoms with Gasteiger partial charge in [0, 0.05) is 13.0 Å². The second-order valence-electron chi connectivity index (χ2n) is 4.05. The lowest BCUT2D eigenvalue weighted by Crippen LogP contribution is -2.35. The molecule has 2 rings (SSSR count). The van der Waals surface area contributed by atoms with Crippen molar-refractivity contribution in [1.29, 1.82) is 0 Å². The van der Waals surface area contributed by atoms with Crippen LogP contribution in [0.5, 0.6) is 0 Å². The first-order valence-corrected chi connectivity index (χ1v) is 4.78. The highest BCUT2D eigenvalue weighted by Crippen LogP contribution is 2.27. The van der Waals surface area contributed by atoms with Crippen LogP contribution in [-0.4, -0.2) is 30.9 Å². The van der Waals surface area contributed by atoms with Gasteiger partial charge in [-0.1, -0.05) is 0 Å². The third kappa shape index (κ3) is 1.94. The Morgan fingerprint density at radius 3 is 3.08 bits per heavy atom. The Kier molecular flexibility index (Phi) is 2.15. The summed E-state index contributed by atoms with van der Waals surface area (Å²) in [6.07, 6.45) is 3.54. The Balaban J connectivity index is 1.87. The van der Waals surface area contributed by atoms with Crippen molar-refractivity contribution >= 4 is 6.02 Å². The van der Waals surface area contributed by atoms with E-state index in [2.05, 4.69) is 4.99 Å². The van der Waals surface area contributed by atoms with Gasteiger partial charge in [-0.2, -0.15) is 0 Å². The normalized spacial score (nSPS) is 38.8. The van der Waals surface area contributed by atoms with Crippen molar-refractivity contribution in [2.45, 2.75) is 37.9 Å². The van der Waals surface area contributed by atoms with E-state index in [1.54, 1.807) is 0 Å². The molecule has 0 aromatic rings. The number of nitrogens with zero attached hydrogens (tertiary/aromatic N) is 1. The van der Waals surface area contributed by atoms with Crippen LogP contribution in [0.25, 0.3) is 0 Å². The average molecular weight is 184 g/mol. The Morgan fingerprint density at radius 2 is 2.54 bits per heavy atom. The molecule has 0 radical (unpaired) electrons. The van der Waals surface area contributed by atoms with Crippen molar-refractivity contribution in [3.8, 4) is 0 Å². The molecule has 1 fully saturated rings. The third-order valence-electron chi connectivity index (χ3n) is 2.60. The maximum absolute atomic E-state index is 5.54. The van der Waals surface area contributed by atoms with Crippen molar-refractivity contribution in [1.82, 2.24) is 0 Å². The quantitative estimate of drug-likeness (QED) is 0.685. The number of ether oxygens (including phenoxy) is 2. The Hall–Kier alpha value is -0.770. The van der Waals surface area contributed by atoms with Crippen molar-refractivity contribution < 1.29 is 9.47 Å². The lowest BCUT2D eigenvalue weighted by Gasteiger charge is -2.25. The molecule has 2 unspecified atom stereocenters. The van der Waals surface area contributed by atoms with Gasteiger partial charge in [-0.25, -0.2) is 4.99 Å². The molecule has 0 aromatic heterocycles. The Morgan fingerprint density at radius 1 is 1.69 bits per heavy atom. The van der Waals surface area contributed by atoms with Crippen LogP contribution in [0.4, 0.5) is 0 Å². The summed E-state index contributed by atoms with van der Waals surface area (Å²) in [6, 6.07) is 0.320. The van der Waals surface area contributed by atoms with Crippen LogP contribution in [0, 0.1) is 0 Å². The van der Waals surface area contributed by atoms with Gasteiger partial charge < -0.3 is 15.2 Å². The average Bonchev–Trinajstić information content (AvgIpc) is 2.62. The molecule has 2 aliphatic rings. The highest BCUT2D eigenvalue weighted by Gasteiger charge is 2.36. The van der Waals surface area contributed by atoms with Crippen molar-refractivity contribution in [2.24, 2.45) is 10.7 Å². The number of hydrogen-bond donors (Lipinski definition) is 1. The molecule has 2 atom stereocenters. The molecule has 2 heterocycles. The SMILES string of the molecule is CC1(CC2CCCO2)CN=C(N)O1. The summed E-state index contributed by atoms with van der Waals surface area (Å²) in [5, 5.41) is 0. The van der Waals surface area contributed by atoms with Gasteiger partial charge in [-0.15, -0.1) is 0 Å². The monoisotopic (exact) mass is 184 g/mol. The molecular weight excluding hydrogens is 168 g/mol. The number of amidine groups is 1. The summed E-state index contributed by atoms with van der Waals surface area (Å²) in [5.74, 6) is 0. The summed E-state index contributed by atoms with van der Waals surface area (Å²) in [7, 11) is 0. The first kappa shape index (κ1) is 8.81. The molecule has 0 spiro atoms. The van der Waals surface area contributed by atoms with E-state index in [0.717, 1.165) is 25.9 Å². The minimum absolute atomic E-state index is 0.223. The van der Waals surface area contributed by atoms with Crippen LogP contribution in [0.3, 0.4) is 0 Å². The zero-order chi connectivity index (χ0) is 9.31. The summed E-state index contributed by atoms with van der Waals surface area (Å²) >= 11 is 0. The molecule has 2 aliphatic heterocycles. The predicted octanol–water partition coefficient (Wildman–Crippen LogP) is 0.659. The number of aliphatic imine (C=N–C) groups is 1. The van der Waals surface area contributed by atoms with Crippen molar-refractivity contribution in [3.05, 3.63) is 0 Å². The van der Waals surface area contributed by atoms with Gasteiger partial charge in [0.2, 0.25) is 0 Å². The number of nitrogens with two attached hydrogens (primary N) is 1. The van der Waals surface area contributed by atoms with Gasteiger partial charge in [-0.3, -0.25) is 0 Å². The molecule has 0 bridgehead atoms. The third-order valence-corrected chi connectivity index (χ3v) is 2.60. The lowest BCUT2D eigenvalue weighted by molar-refractivity contribution is 0.0198. The minimum atomic E-state index is -0.223. The smallest absolute Gasteiger partial charge is 0.282 e. The van der Waals surface area contributed by atoms with E-state index in [-0.39, 0.29) is 5.60 Å². The van der Waals surface area contributed by atoms with E-state index >= 15 is 0 Å². The Labute approximate surface area is 78.1 Å². The zero-order valence-electron chi connectivity index (χ0n) is 7.95. The van der Waals surface area contributed by atoms with E-state index in [9.17, 15) is 0 Å². The van der Waals surface area contributed by atoms with E-state index < -0.39 is 0 Å². The molecule has 2 N–H and O–H groups in total. The first-order chi connectivity index (χ1) is 6.18. The van der Waals surface area contributed by atoms with E-state index in [0.29, 0.717) is 18.7 Å². The standard InChI is InChI=1S/C9H16N2O2/c1-9(6-11-8(10)13-9)5-7-3-2-4-12-7/h7H,2-6H2,1H3,(H2,10,11). The maximum Gasteiger partial charge on any atom is 0.282 e. The van der Waals surface area contributed by atoms with Crippen LogP contribution in [0.15, 0.2) is 4.99 Å². The molecule has 4 nitrogen and oxygen atoms in total. The van der Waals surface area contributed by atoms with Crippen LogP contribution < -0.4 is 5.73 Å². The fourth-order valence-corrected chi connectivity index (χ4v) is 1.96. The fraction of sp³-hybridized carbons (Fsp3) is 0.889. The number of rotatable bonds is 2. The van der Waals surface area contributed by atoms with Gasteiger partial charge in [0.1, 0.15) is 5.60 Å². The molecule has 0 aliphatic carbocycles. The van der Waals surface area contributed by atoms with Gasteiger partial charge >= 0.3 is 0 Å². The largest absolute Gasteiger partial charge is 0.457 e. The minimum Gasteiger partial charge on any atom is -0.457 e. The summed E-state index contributed by atoms with van der Waals surface area (Å²) in [4.78, 5) is 4.05. The van der Waals surface area contributed by atoms with Crippen LogP contribution in [-0.2, 0) is 9.47 Å². The van der Waals surface area contributed by atoms with Crippen molar-refractivity contribution in [3.63, 3.8) is 0 Å². The van der Waals surface area contributed by atoms with E-state index in [1.807, 2.05) is 6.92 Å². The van der Waals surface area contributed by atoms with E-state index in [1.165, 1.54) is 0 Å². The summed E-state index contributed by atoms with van der Waals surface area (Å²) in [5.41, 5.74) is 5.25. The second kappa shape index (κ2) is 3.18. The Bertz CT molecular complexity index is 224. The molecule has 1 saturated heterocycles. The fourth-order valence-electron chi connectivity index (χ4n) is 1.96. The molecular formula is C9H16N2O2. The zero-order valence-corrected chi connectivity index (χ0v) is 7.95. The summed E-state index contributed by atoms with van der Waals surface area (Å²) in [6.45, 7) is 3.59. The number of hydrogen-bond acceptors (Lipinski definition) is 4. The maximum atomic E-state index is 5.54. The molecule has 4 heteroatoms. The molecule has 74 valence electrons.